The van der Waals surface area contributed by atoms with Gasteiger partial charge in [0, 0.05) is 12.1 Å². The highest BCUT2D eigenvalue weighted by atomic mass is 79.9. The van der Waals surface area contributed by atoms with E-state index >= 15 is 0 Å². The lowest BCUT2D eigenvalue weighted by Crippen LogP contribution is -2.37. The van der Waals surface area contributed by atoms with Gasteiger partial charge in [-0.1, -0.05) is 0 Å². The van der Waals surface area contributed by atoms with Crippen molar-refractivity contribution >= 4 is 33.4 Å². The van der Waals surface area contributed by atoms with Gasteiger partial charge in [0.1, 0.15) is 6.26 Å². The Morgan fingerprint density at radius 1 is 1.64 bits per heavy atom. The van der Waals surface area contributed by atoms with Crippen LogP contribution in [0.25, 0.3) is 0 Å². The largest absolute Gasteiger partial charge is 0.457 e. The van der Waals surface area contributed by atoms with E-state index in [-0.39, 0.29) is 17.3 Å². The van der Waals surface area contributed by atoms with Gasteiger partial charge in [0.05, 0.1) is 10.9 Å². The Balaban J connectivity index is 2.59. The SMILES string of the molecule is CC(Cl)C(C)NC(=O)c1coc(Br)c1. The van der Waals surface area contributed by atoms with Gasteiger partial charge in [-0.05, 0) is 29.8 Å². The number of hydrogen-bond donors (Lipinski definition) is 1. The Kier molecular flexibility index (Phi) is 4.01. The monoisotopic (exact) mass is 279 g/mol. The normalized spacial score (nSPS) is 14.9. The van der Waals surface area contributed by atoms with Crippen molar-refractivity contribution in [3.05, 3.63) is 22.6 Å². The van der Waals surface area contributed by atoms with Crippen LogP contribution in [0.15, 0.2) is 21.4 Å². The Labute approximate surface area is 95.9 Å². The molecule has 1 rings (SSSR count). The van der Waals surface area contributed by atoms with Gasteiger partial charge in [0.15, 0.2) is 4.67 Å². The lowest BCUT2D eigenvalue weighted by atomic mass is 10.2. The van der Waals surface area contributed by atoms with Gasteiger partial charge >= 0.3 is 0 Å². The average molecular weight is 281 g/mol. The first-order valence-electron chi connectivity index (χ1n) is 4.19. The van der Waals surface area contributed by atoms with Crippen LogP contribution in [-0.4, -0.2) is 17.3 Å². The van der Waals surface area contributed by atoms with Crippen LogP contribution in [0.2, 0.25) is 0 Å². The van der Waals surface area contributed by atoms with Crippen LogP contribution in [0.5, 0.6) is 0 Å². The quantitative estimate of drug-likeness (QED) is 0.865. The summed E-state index contributed by atoms with van der Waals surface area (Å²) in [6.45, 7) is 3.68. The number of rotatable bonds is 3. The maximum absolute atomic E-state index is 11.5. The molecular weight excluding hydrogens is 269 g/mol. The zero-order valence-electron chi connectivity index (χ0n) is 7.88. The number of alkyl halides is 1. The number of nitrogens with one attached hydrogen (secondary N) is 1. The van der Waals surface area contributed by atoms with Crippen molar-refractivity contribution < 1.29 is 9.21 Å². The van der Waals surface area contributed by atoms with Gasteiger partial charge in [0.2, 0.25) is 0 Å². The zero-order valence-corrected chi connectivity index (χ0v) is 10.2. The first-order chi connectivity index (χ1) is 6.50. The summed E-state index contributed by atoms with van der Waals surface area (Å²) >= 11 is 8.94. The van der Waals surface area contributed by atoms with Crippen LogP contribution in [0, 0.1) is 0 Å². The van der Waals surface area contributed by atoms with Crippen molar-refractivity contribution in [2.45, 2.75) is 25.3 Å². The lowest BCUT2D eigenvalue weighted by Gasteiger charge is -2.14. The number of hydrogen-bond acceptors (Lipinski definition) is 2. The summed E-state index contributed by atoms with van der Waals surface area (Å²) in [6, 6.07) is 1.54. The van der Waals surface area contributed by atoms with Crippen molar-refractivity contribution in [3.8, 4) is 0 Å². The third-order valence-electron chi connectivity index (χ3n) is 1.88. The molecule has 1 amide bonds. The molecule has 2 unspecified atom stereocenters. The zero-order chi connectivity index (χ0) is 10.7. The van der Waals surface area contributed by atoms with Crippen LogP contribution in [0.3, 0.4) is 0 Å². The summed E-state index contributed by atoms with van der Waals surface area (Å²) in [4.78, 5) is 11.5. The summed E-state index contributed by atoms with van der Waals surface area (Å²) in [5.41, 5.74) is 0.487. The Morgan fingerprint density at radius 2 is 2.29 bits per heavy atom. The predicted molar refractivity (Wildman–Crippen MR) is 58.7 cm³/mol. The van der Waals surface area contributed by atoms with Gasteiger partial charge in [-0.3, -0.25) is 4.79 Å². The number of furan rings is 1. The summed E-state index contributed by atoms with van der Waals surface area (Å²) in [7, 11) is 0. The number of carbonyl (C=O) groups is 1. The molecule has 0 aliphatic heterocycles. The summed E-state index contributed by atoms with van der Waals surface area (Å²) < 4.78 is 5.49. The molecule has 0 fully saturated rings. The number of amides is 1. The van der Waals surface area contributed by atoms with Crippen LogP contribution in [-0.2, 0) is 0 Å². The van der Waals surface area contributed by atoms with E-state index in [1.807, 2.05) is 13.8 Å². The highest BCUT2D eigenvalue weighted by molar-refractivity contribution is 9.10. The molecule has 1 N–H and O–H groups in total. The first kappa shape index (κ1) is 11.6. The minimum absolute atomic E-state index is 0.0714. The second-order valence-corrected chi connectivity index (χ2v) is 4.55. The van der Waals surface area contributed by atoms with Gasteiger partial charge in [-0.15, -0.1) is 11.6 Å². The molecule has 1 aromatic rings. The fraction of sp³-hybridized carbons (Fsp3) is 0.444. The maximum atomic E-state index is 11.5. The first-order valence-corrected chi connectivity index (χ1v) is 5.42. The molecular formula is C9H11BrClNO2. The van der Waals surface area contributed by atoms with Crippen molar-refractivity contribution in [2.75, 3.05) is 0 Å². The standard InChI is InChI=1S/C9H11BrClNO2/c1-5(11)6(2)12-9(13)7-3-8(10)14-4-7/h3-6H,1-2H3,(H,12,13). The molecule has 0 radical (unpaired) electrons. The van der Waals surface area contributed by atoms with E-state index < -0.39 is 0 Å². The smallest absolute Gasteiger partial charge is 0.254 e. The van der Waals surface area contributed by atoms with Gasteiger partial charge in [-0.25, -0.2) is 0 Å². The molecule has 14 heavy (non-hydrogen) atoms. The van der Waals surface area contributed by atoms with Gasteiger partial charge in [0.25, 0.3) is 5.91 Å². The van der Waals surface area contributed by atoms with Crippen molar-refractivity contribution in [1.29, 1.82) is 0 Å². The molecule has 0 aliphatic carbocycles. The van der Waals surface area contributed by atoms with Crippen LogP contribution in [0.1, 0.15) is 24.2 Å². The molecule has 0 bridgehead atoms. The summed E-state index contributed by atoms with van der Waals surface area (Å²) in [5, 5.41) is 2.65. The number of halogens is 2. The number of carbonyl (C=O) groups excluding carboxylic acids is 1. The van der Waals surface area contributed by atoms with E-state index in [4.69, 9.17) is 16.0 Å². The van der Waals surface area contributed by atoms with E-state index in [1.54, 1.807) is 6.07 Å². The minimum Gasteiger partial charge on any atom is -0.457 e. The van der Waals surface area contributed by atoms with E-state index in [1.165, 1.54) is 6.26 Å². The van der Waals surface area contributed by atoms with Crippen LogP contribution < -0.4 is 5.32 Å². The molecule has 0 aromatic carbocycles. The molecule has 0 saturated heterocycles. The van der Waals surface area contributed by atoms with Crippen LogP contribution >= 0.6 is 27.5 Å². The lowest BCUT2D eigenvalue weighted by molar-refractivity contribution is 0.0939. The predicted octanol–water partition coefficient (Wildman–Crippen LogP) is 2.79. The van der Waals surface area contributed by atoms with Crippen molar-refractivity contribution in [2.24, 2.45) is 0 Å². The fourth-order valence-corrected chi connectivity index (χ4v) is 1.24. The highest BCUT2D eigenvalue weighted by Gasteiger charge is 2.15. The Bertz CT molecular complexity index is 324. The molecule has 0 saturated carbocycles. The Hall–Kier alpha value is -0.480. The Morgan fingerprint density at radius 3 is 2.71 bits per heavy atom. The second kappa shape index (κ2) is 4.84. The van der Waals surface area contributed by atoms with E-state index in [2.05, 4.69) is 21.2 Å². The van der Waals surface area contributed by atoms with Crippen molar-refractivity contribution in [3.63, 3.8) is 0 Å². The maximum Gasteiger partial charge on any atom is 0.254 e. The van der Waals surface area contributed by atoms with Crippen LogP contribution in [0.4, 0.5) is 0 Å². The molecule has 5 heteroatoms. The average Bonchev–Trinajstić information content (AvgIpc) is 2.51. The van der Waals surface area contributed by atoms with E-state index in [9.17, 15) is 4.79 Å². The molecule has 1 aromatic heterocycles. The van der Waals surface area contributed by atoms with Gasteiger partial charge in [-0.2, -0.15) is 0 Å². The molecule has 0 spiro atoms. The molecule has 1 heterocycles. The molecule has 78 valence electrons. The van der Waals surface area contributed by atoms with Crippen molar-refractivity contribution in [1.82, 2.24) is 5.32 Å². The molecule has 2 atom stereocenters. The highest BCUT2D eigenvalue weighted by Crippen LogP contribution is 2.14. The van der Waals surface area contributed by atoms with E-state index in [0.29, 0.717) is 10.2 Å². The second-order valence-electron chi connectivity index (χ2n) is 3.08. The van der Waals surface area contributed by atoms with Gasteiger partial charge < -0.3 is 9.73 Å². The third kappa shape index (κ3) is 3.03. The molecule has 0 aliphatic rings. The topological polar surface area (TPSA) is 42.2 Å². The van der Waals surface area contributed by atoms with E-state index in [0.717, 1.165) is 0 Å². The third-order valence-corrected chi connectivity index (χ3v) is 2.67. The minimum atomic E-state index is -0.181. The fourth-order valence-electron chi connectivity index (χ4n) is 0.834. The molecule has 3 nitrogen and oxygen atoms in total. The summed E-state index contributed by atoms with van der Waals surface area (Å²) in [6.07, 6.45) is 1.39. The summed E-state index contributed by atoms with van der Waals surface area (Å²) in [5.74, 6) is -0.181.